The first-order valence-corrected chi connectivity index (χ1v) is 7.83. The van der Waals surface area contributed by atoms with Crippen LogP contribution in [0.25, 0.3) is 11.3 Å². The predicted molar refractivity (Wildman–Crippen MR) is 93.5 cm³/mol. The van der Waals surface area contributed by atoms with Crippen LogP contribution in [-0.4, -0.2) is 30.1 Å². The highest BCUT2D eigenvalue weighted by atomic mass is 16.1. The Morgan fingerprint density at radius 2 is 1.78 bits per heavy atom. The fourth-order valence-electron chi connectivity index (χ4n) is 2.48. The smallest absolute Gasteiger partial charge is 0.268 e. The van der Waals surface area contributed by atoms with Gasteiger partial charge in [0.2, 0.25) is 0 Å². The van der Waals surface area contributed by atoms with E-state index in [1.165, 1.54) is 5.56 Å². The van der Waals surface area contributed by atoms with Gasteiger partial charge in [0.15, 0.2) is 0 Å². The molecule has 0 atom stereocenters. The summed E-state index contributed by atoms with van der Waals surface area (Å²) < 4.78 is 1.70. The van der Waals surface area contributed by atoms with Gasteiger partial charge in [0, 0.05) is 13.1 Å². The van der Waals surface area contributed by atoms with Gasteiger partial charge >= 0.3 is 0 Å². The Morgan fingerprint density at radius 1 is 1.13 bits per heavy atom. The van der Waals surface area contributed by atoms with Crippen molar-refractivity contribution in [3.8, 4) is 17.3 Å². The first-order valence-electron chi connectivity index (χ1n) is 7.83. The van der Waals surface area contributed by atoms with Crippen LogP contribution in [0, 0.1) is 11.3 Å². The summed E-state index contributed by atoms with van der Waals surface area (Å²) >= 11 is 0. The molecule has 0 saturated carbocycles. The number of nitrogens with zero attached hydrogens (tertiary/aromatic N) is 3. The number of hydrogen-bond acceptors (Lipinski definition) is 3. The van der Waals surface area contributed by atoms with Crippen molar-refractivity contribution in [3.05, 3.63) is 57.9 Å². The summed E-state index contributed by atoms with van der Waals surface area (Å²) in [4.78, 5) is 14.5. The van der Waals surface area contributed by atoms with Gasteiger partial charge in [-0.3, -0.25) is 4.79 Å². The van der Waals surface area contributed by atoms with E-state index in [4.69, 9.17) is 5.26 Å². The lowest BCUT2D eigenvalue weighted by Gasteiger charge is -2.16. The number of hydrogen-bond donors (Lipinski definition) is 0. The van der Waals surface area contributed by atoms with Crippen LogP contribution < -0.4 is 5.56 Å². The van der Waals surface area contributed by atoms with E-state index in [0.29, 0.717) is 12.5 Å². The van der Waals surface area contributed by atoms with Crippen LogP contribution >= 0.6 is 0 Å². The highest BCUT2D eigenvalue weighted by molar-refractivity contribution is 5.61. The van der Waals surface area contributed by atoms with Gasteiger partial charge in [-0.1, -0.05) is 38.1 Å². The molecule has 1 aromatic carbocycles. The van der Waals surface area contributed by atoms with Crippen LogP contribution in [-0.2, 0) is 6.54 Å². The van der Waals surface area contributed by atoms with Crippen molar-refractivity contribution in [2.75, 3.05) is 20.6 Å². The van der Waals surface area contributed by atoms with Gasteiger partial charge in [-0.15, -0.1) is 0 Å². The summed E-state index contributed by atoms with van der Waals surface area (Å²) in [7, 11) is 3.94. The minimum Gasteiger partial charge on any atom is -0.308 e. The van der Waals surface area contributed by atoms with E-state index in [0.717, 1.165) is 17.8 Å². The maximum absolute atomic E-state index is 12.5. The van der Waals surface area contributed by atoms with E-state index >= 15 is 0 Å². The SMILES string of the molecule is CC(C)c1ccc(-c2ccc(C#N)c(=O)n2CCN(C)C)cc1. The maximum Gasteiger partial charge on any atom is 0.268 e. The predicted octanol–water partition coefficient (Wildman–Crippen LogP) is 3.07. The fraction of sp³-hybridized carbons (Fsp3) is 0.368. The highest BCUT2D eigenvalue weighted by Gasteiger charge is 2.11. The molecule has 0 N–H and O–H groups in total. The summed E-state index contributed by atoms with van der Waals surface area (Å²) in [6, 6.07) is 13.7. The molecule has 4 nitrogen and oxygen atoms in total. The molecule has 0 bridgehead atoms. The van der Waals surface area contributed by atoms with Gasteiger partial charge in [-0.2, -0.15) is 5.26 Å². The lowest BCUT2D eigenvalue weighted by molar-refractivity contribution is 0.382. The number of benzene rings is 1. The van der Waals surface area contributed by atoms with E-state index in [1.807, 2.05) is 43.3 Å². The zero-order chi connectivity index (χ0) is 17.0. The third-order valence-electron chi connectivity index (χ3n) is 3.94. The number of nitriles is 1. The van der Waals surface area contributed by atoms with Gasteiger partial charge in [-0.25, -0.2) is 0 Å². The summed E-state index contributed by atoms with van der Waals surface area (Å²) in [5.41, 5.74) is 3.08. The van der Waals surface area contributed by atoms with E-state index in [1.54, 1.807) is 10.6 Å². The monoisotopic (exact) mass is 309 g/mol. The molecule has 0 unspecified atom stereocenters. The molecule has 2 aromatic rings. The fourth-order valence-corrected chi connectivity index (χ4v) is 2.48. The second-order valence-corrected chi connectivity index (χ2v) is 6.28. The van der Waals surface area contributed by atoms with Gasteiger partial charge in [0.05, 0.1) is 5.69 Å². The second-order valence-electron chi connectivity index (χ2n) is 6.28. The number of likely N-dealkylation sites (N-methyl/N-ethyl adjacent to an activating group) is 1. The topological polar surface area (TPSA) is 49.0 Å². The first kappa shape index (κ1) is 17.0. The molecule has 1 heterocycles. The maximum atomic E-state index is 12.5. The van der Waals surface area contributed by atoms with Crippen molar-refractivity contribution in [1.29, 1.82) is 5.26 Å². The molecule has 0 saturated heterocycles. The van der Waals surface area contributed by atoms with Crippen molar-refractivity contribution in [1.82, 2.24) is 9.47 Å². The number of aromatic nitrogens is 1. The zero-order valence-electron chi connectivity index (χ0n) is 14.2. The molecule has 0 fully saturated rings. The van der Waals surface area contributed by atoms with Crippen molar-refractivity contribution in [2.24, 2.45) is 0 Å². The third kappa shape index (κ3) is 3.88. The Hall–Kier alpha value is -2.38. The third-order valence-corrected chi connectivity index (χ3v) is 3.94. The molecule has 120 valence electrons. The van der Waals surface area contributed by atoms with Crippen LogP contribution in [0.3, 0.4) is 0 Å². The summed E-state index contributed by atoms with van der Waals surface area (Å²) in [6.45, 7) is 5.61. The Balaban J connectivity index is 2.50. The molecule has 23 heavy (non-hydrogen) atoms. The molecule has 0 aliphatic rings. The molecule has 4 heteroatoms. The van der Waals surface area contributed by atoms with Crippen molar-refractivity contribution in [2.45, 2.75) is 26.3 Å². The van der Waals surface area contributed by atoms with E-state index in [2.05, 4.69) is 26.0 Å². The van der Waals surface area contributed by atoms with Crippen LogP contribution in [0.4, 0.5) is 0 Å². The van der Waals surface area contributed by atoms with Crippen molar-refractivity contribution in [3.63, 3.8) is 0 Å². The number of pyridine rings is 1. The highest BCUT2D eigenvalue weighted by Crippen LogP contribution is 2.22. The number of rotatable bonds is 5. The van der Waals surface area contributed by atoms with Gasteiger partial charge in [0.1, 0.15) is 11.6 Å². The largest absolute Gasteiger partial charge is 0.308 e. The average Bonchev–Trinajstić information content (AvgIpc) is 2.53. The lowest BCUT2D eigenvalue weighted by atomic mass is 10.0. The normalized spacial score (nSPS) is 11.0. The minimum absolute atomic E-state index is 0.186. The van der Waals surface area contributed by atoms with E-state index in [-0.39, 0.29) is 11.1 Å². The first-order chi connectivity index (χ1) is 10.9. The van der Waals surface area contributed by atoms with Crippen LogP contribution in [0.5, 0.6) is 0 Å². The lowest BCUT2D eigenvalue weighted by Crippen LogP contribution is -2.29. The minimum atomic E-state index is -0.222. The summed E-state index contributed by atoms with van der Waals surface area (Å²) in [5.74, 6) is 0.473. The Bertz CT molecular complexity index is 765. The zero-order valence-corrected chi connectivity index (χ0v) is 14.2. The Labute approximate surface area is 137 Å². The van der Waals surface area contributed by atoms with Crippen LogP contribution in [0.15, 0.2) is 41.2 Å². The molecule has 2 rings (SSSR count). The molecule has 0 spiro atoms. The second kappa shape index (κ2) is 7.26. The average molecular weight is 309 g/mol. The van der Waals surface area contributed by atoms with Gasteiger partial charge < -0.3 is 9.47 Å². The molecule has 1 aromatic heterocycles. The molecule has 0 radical (unpaired) electrons. The molecule has 0 amide bonds. The molecule has 0 aliphatic carbocycles. The van der Waals surface area contributed by atoms with E-state index < -0.39 is 0 Å². The Kier molecular flexibility index (Phi) is 5.36. The van der Waals surface area contributed by atoms with Crippen molar-refractivity contribution < 1.29 is 0 Å². The van der Waals surface area contributed by atoms with E-state index in [9.17, 15) is 4.79 Å². The van der Waals surface area contributed by atoms with Gasteiger partial charge in [-0.05, 0) is 43.3 Å². The summed E-state index contributed by atoms with van der Waals surface area (Å²) in [6.07, 6.45) is 0. The quantitative estimate of drug-likeness (QED) is 0.853. The summed E-state index contributed by atoms with van der Waals surface area (Å²) in [5, 5.41) is 9.11. The van der Waals surface area contributed by atoms with Crippen LogP contribution in [0.1, 0.15) is 30.9 Å². The molecular formula is C19H23N3O. The van der Waals surface area contributed by atoms with Gasteiger partial charge in [0.25, 0.3) is 5.56 Å². The molecular weight excluding hydrogens is 286 g/mol. The van der Waals surface area contributed by atoms with Crippen molar-refractivity contribution >= 4 is 0 Å². The molecule has 0 aliphatic heterocycles. The van der Waals surface area contributed by atoms with Crippen LogP contribution in [0.2, 0.25) is 0 Å². The standard InChI is InChI=1S/C19H23N3O/c1-14(2)15-5-7-16(8-6-15)18-10-9-17(13-20)19(23)22(18)12-11-21(3)4/h5-10,14H,11-12H2,1-4H3. The Morgan fingerprint density at radius 3 is 2.30 bits per heavy atom.